The van der Waals surface area contributed by atoms with Crippen LogP contribution >= 0.6 is 0 Å². The van der Waals surface area contributed by atoms with Crippen LogP contribution in [-0.4, -0.2) is 24.8 Å². The molecule has 0 aliphatic rings. The zero-order chi connectivity index (χ0) is 9.83. The molecule has 0 saturated heterocycles. The van der Waals surface area contributed by atoms with E-state index in [0.717, 1.165) is 0 Å². The number of rotatable bonds is 5. The highest BCUT2D eigenvalue weighted by atomic mass is 16.5. The molecule has 0 spiro atoms. The zero-order valence-corrected chi connectivity index (χ0v) is 8.51. The first-order chi connectivity index (χ1) is 5.33. The van der Waals surface area contributed by atoms with Gasteiger partial charge in [-0.2, -0.15) is 0 Å². The molecule has 0 saturated carbocycles. The molecule has 0 rings (SSSR count). The number of carbonyl (C=O) groups excluding carboxylic acids is 1. The lowest BCUT2D eigenvalue weighted by molar-refractivity contribution is -0.146. The third kappa shape index (κ3) is 4.34. The van der Waals surface area contributed by atoms with Gasteiger partial charge in [-0.15, -0.1) is 0 Å². The Balaban J connectivity index is 4.12. The predicted molar refractivity (Wildman–Crippen MR) is 46.9 cm³/mol. The topological polar surface area (TPSA) is 35.5 Å². The maximum absolute atomic E-state index is 10.1. The van der Waals surface area contributed by atoms with Gasteiger partial charge in [0.2, 0.25) is 0 Å². The van der Waals surface area contributed by atoms with E-state index in [-0.39, 0.29) is 5.60 Å². The Morgan fingerprint density at radius 2 is 1.67 bits per heavy atom. The van der Waals surface area contributed by atoms with Gasteiger partial charge in [0.15, 0.2) is 0 Å². The molecule has 0 heterocycles. The summed E-state index contributed by atoms with van der Waals surface area (Å²) >= 11 is 0. The van der Waals surface area contributed by atoms with E-state index in [9.17, 15) is 4.79 Å². The molecule has 0 radical (unpaired) electrons. The Kier molecular flexibility index (Phi) is 3.71. The standard InChI is InChI=1S/C9H18O3/c1-8(2,11-5)6-9(3,4)12-7-10/h7H,6H2,1-5H3. The van der Waals surface area contributed by atoms with Crippen LogP contribution in [0.25, 0.3) is 0 Å². The summed E-state index contributed by atoms with van der Waals surface area (Å²) in [4.78, 5) is 10.1. The van der Waals surface area contributed by atoms with Gasteiger partial charge in [0.25, 0.3) is 6.47 Å². The number of hydrogen-bond acceptors (Lipinski definition) is 3. The van der Waals surface area contributed by atoms with Crippen LogP contribution in [0.5, 0.6) is 0 Å². The van der Waals surface area contributed by atoms with E-state index in [1.54, 1.807) is 7.11 Å². The van der Waals surface area contributed by atoms with E-state index in [0.29, 0.717) is 12.9 Å². The van der Waals surface area contributed by atoms with Crippen molar-refractivity contribution in [2.45, 2.75) is 45.3 Å². The van der Waals surface area contributed by atoms with Crippen molar-refractivity contribution in [2.75, 3.05) is 7.11 Å². The average molecular weight is 174 g/mol. The lowest BCUT2D eigenvalue weighted by atomic mass is 9.92. The van der Waals surface area contributed by atoms with Gasteiger partial charge in [-0.25, -0.2) is 0 Å². The Bertz CT molecular complexity index is 150. The molecule has 0 amide bonds. The molecule has 3 heteroatoms. The van der Waals surface area contributed by atoms with Crippen molar-refractivity contribution < 1.29 is 14.3 Å². The van der Waals surface area contributed by atoms with Gasteiger partial charge in [0.1, 0.15) is 5.60 Å². The molecule has 3 nitrogen and oxygen atoms in total. The maximum atomic E-state index is 10.1. The summed E-state index contributed by atoms with van der Waals surface area (Å²) in [5, 5.41) is 0. The van der Waals surface area contributed by atoms with E-state index in [1.807, 2.05) is 27.7 Å². The van der Waals surface area contributed by atoms with Crippen LogP contribution in [0.4, 0.5) is 0 Å². The minimum atomic E-state index is -0.457. The van der Waals surface area contributed by atoms with Gasteiger partial charge in [0.05, 0.1) is 5.60 Å². The van der Waals surface area contributed by atoms with Crippen LogP contribution < -0.4 is 0 Å². The van der Waals surface area contributed by atoms with Crippen molar-refractivity contribution in [2.24, 2.45) is 0 Å². The molecule has 0 aliphatic heterocycles. The zero-order valence-electron chi connectivity index (χ0n) is 8.51. The smallest absolute Gasteiger partial charge is 0.293 e. The number of methoxy groups -OCH3 is 1. The molecular formula is C9H18O3. The van der Waals surface area contributed by atoms with Crippen LogP contribution in [0.1, 0.15) is 34.1 Å². The van der Waals surface area contributed by atoms with Gasteiger partial charge in [-0.05, 0) is 27.7 Å². The second kappa shape index (κ2) is 3.90. The lowest BCUT2D eigenvalue weighted by Crippen LogP contribution is -2.36. The Morgan fingerprint density at radius 1 is 1.17 bits per heavy atom. The van der Waals surface area contributed by atoms with E-state index < -0.39 is 5.60 Å². The van der Waals surface area contributed by atoms with Crippen molar-refractivity contribution in [3.8, 4) is 0 Å². The summed E-state index contributed by atoms with van der Waals surface area (Å²) in [6.45, 7) is 8.13. The van der Waals surface area contributed by atoms with E-state index in [2.05, 4.69) is 0 Å². The first kappa shape index (κ1) is 11.4. The third-order valence-electron chi connectivity index (χ3n) is 1.77. The molecule has 0 aromatic carbocycles. The van der Waals surface area contributed by atoms with Crippen LogP contribution in [0, 0.1) is 0 Å². The van der Waals surface area contributed by atoms with Crippen molar-refractivity contribution in [1.29, 1.82) is 0 Å². The number of hydrogen-bond donors (Lipinski definition) is 0. The van der Waals surface area contributed by atoms with Crippen molar-refractivity contribution in [3.05, 3.63) is 0 Å². The second-order valence-corrected chi connectivity index (χ2v) is 4.11. The SMILES string of the molecule is COC(C)(C)CC(C)(C)OC=O. The Labute approximate surface area is 74.0 Å². The molecule has 0 bridgehead atoms. The molecule has 0 aromatic rings. The summed E-state index contributed by atoms with van der Waals surface area (Å²) in [7, 11) is 1.65. The third-order valence-corrected chi connectivity index (χ3v) is 1.77. The average Bonchev–Trinajstić information content (AvgIpc) is 1.85. The summed E-state index contributed by atoms with van der Waals surface area (Å²) in [5.41, 5.74) is -0.715. The van der Waals surface area contributed by atoms with E-state index in [4.69, 9.17) is 9.47 Å². The fourth-order valence-corrected chi connectivity index (χ4v) is 1.27. The predicted octanol–water partition coefficient (Wildman–Crippen LogP) is 1.75. The minimum absolute atomic E-state index is 0.257. The van der Waals surface area contributed by atoms with Crippen molar-refractivity contribution in [3.63, 3.8) is 0 Å². The molecule has 0 aromatic heterocycles. The highest BCUT2D eigenvalue weighted by molar-refractivity contribution is 5.38. The Morgan fingerprint density at radius 3 is 2.00 bits per heavy atom. The number of ether oxygens (including phenoxy) is 2. The largest absolute Gasteiger partial charge is 0.462 e. The normalized spacial score (nSPS) is 12.8. The molecule has 0 aliphatic carbocycles. The van der Waals surface area contributed by atoms with Crippen LogP contribution in [0.3, 0.4) is 0 Å². The highest BCUT2D eigenvalue weighted by Crippen LogP contribution is 2.24. The Hall–Kier alpha value is -0.570. The van der Waals surface area contributed by atoms with Crippen LogP contribution in [0.15, 0.2) is 0 Å². The molecule has 0 fully saturated rings. The number of carbonyl (C=O) groups is 1. The van der Waals surface area contributed by atoms with Gasteiger partial charge >= 0.3 is 0 Å². The molecular weight excluding hydrogens is 156 g/mol. The summed E-state index contributed by atoms with van der Waals surface area (Å²) in [6, 6.07) is 0. The first-order valence-corrected chi connectivity index (χ1v) is 4.00. The summed E-state index contributed by atoms with van der Waals surface area (Å²) < 4.78 is 10.1. The monoisotopic (exact) mass is 174 g/mol. The molecule has 0 unspecified atom stereocenters. The van der Waals surface area contributed by atoms with Crippen LogP contribution in [-0.2, 0) is 14.3 Å². The molecule has 0 atom stereocenters. The van der Waals surface area contributed by atoms with Crippen molar-refractivity contribution in [1.82, 2.24) is 0 Å². The molecule has 0 N–H and O–H groups in total. The lowest BCUT2D eigenvalue weighted by Gasteiger charge is -2.32. The summed E-state index contributed by atoms with van der Waals surface area (Å²) in [5.74, 6) is 0. The second-order valence-electron chi connectivity index (χ2n) is 4.11. The summed E-state index contributed by atoms with van der Waals surface area (Å²) in [6.07, 6.45) is 0.676. The van der Waals surface area contributed by atoms with Gasteiger partial charge in [0, 0.05) is 13.5 Å². The fraction of sp³-hybridized carbons (Fsp3) is 0.889. The first-order valence-electron chi connectivity index (χ1n) is 4.00. The highest BCUT2D eigenvalue weighted by Gasteiger charge is 2.29. The fourth-order valence-electron chi connectivity index (χ4n) is 1.27. The van der Waals surface area contributed by atoms with E-state index >= 15 is 0 Å². The van der Waals surface area contributed by atoms with Gasteiger partial charge in [-0.1, -0.05) is 0 Å². The van der Waals surface area contributed by atoms with Gasteiger partial charge in [-0.3, -0.25) is 4.79 Å². The van der Waals surface area contributed by atoms with Crippen molar-refractivity contribution >= 4 is 6.47 Å². The maximum Gasteiger partial charge on any atom is 0.293 e. The quantitative estimate of drug-likeness (QED) is 0.596. The molecule has 12 heavy (non-hydrogen) atoms. The molecule has 72 valence electrons. The minimum Gasteiger partial charge on any atom is -0.462 e. The van der Waals surface area contributed by atoms with E-state index in [1.165, 1.54) is 0 Å². The van der Waals surface area contributed by atoms with Crippen LogP contribution in [0.2, 0.25) is 0 Å². The van der Waals surface area contributed by atoms with Gasteiger partial charge < -0.3 is 9.47 Å².